The highest BCUT2D eigenvalue weighted by Crippen LogP contribution is 2.19. The molecular weight excluding hydrogens is 351 g/mol. The summed E-state index contributed by atoms with van der Waals surface area (Å²) in [5, 5.41) is 12.6. The maximum absolute atomic E-state index is 12.9. The van der Waals surface area contributed by atoms with Crippen LogP contribution in [0.4, 0.5) is 14.9 Å². The van der Waals surface area contributed by atoms with E-state index >= 15 is 0 Å². The van der Waals surface area contributed by atoms with Gasteiger partial charge < -0.3 is 20.9 Å². The summed E-state index contributed by atoms with van der Waals surface area (Å²) in [4.78, 5) is 26.6. The van der Waals surface area contributed by atoms with Crippen LogP contribution in [0.3, 0.4) is 0 Å². The molecule has 0 aliphatic carbocycles. The average molecular weight is 374 g/mol. The number of anilines is 1. The maximum Gasteiger partial charge on any atom is 0.319 e. The number of aromatic nitrogens is 2. The molecule has 8 nitrogen and oxygen atoms in total. The quantitative estimate of drug-likeness (QED) is 0.734. The van der Waals surface area contributed by atoms with Crippen LogP contribution < -0.4 is 16.0 Å². The molecule has 1 saturated heterocycles. The molecule has 3 rings (SSSR count). The second-order valence-electron chi connectivity index (χ2n) is 6.54. The third-order valence-electron chi connectivity index (χ3n) is 4.53. The van der Waals surface area contributed by atoms with Crippen LogP contribution in [0.15, 0.2) is 36.7 Å². The number of halogens is 1. The number of aryl methyl sites for hydroxylation is 1. The second kappa shape index (κ2) is 8.17. The van der Waals surface area contributed by atoms with Gasteiger partial charge in [-0.3, -0.25) is 9.48 Å². The summed E-state index contributed by atoms with van der Waals surface area (Å²) < 4.78 is 14.6. The summed E-state index contributed by atoms with van der Waals surface area (Å²) in [6.45, 7) is 1.01. The zero-order chi connectivity index (χ0) is 19.4. The van der Waals surface area contributed by atoms with Crippen molar-refractivity contribution in [1.82, 2.24) is 25.3 Å². The van der Waals surface area contributed by atoms with E-state index in [0.717, 1.165) is 5.56 Å². The van der Waals surface area contributed by atoms with Gasteiger partial charge in [0.1, 0.15) is 11.9 Å². The summed E-state index contributed by atoms with van der Waals surface area (Å²) >= 11 is 0. The molecule has 2 heterocycles. The highest BCUT2D eigenvalue weighted by atomic mass is 19.1. The zero-order valence-corrected chi connectivity index (χ0v) is 15.3. The van der Waals surface area contributed by atoms with Crippen LogP contribution in [0.5, 0.6) is 0 Å². The van der Waals surface area contributed by atoms with Gasteiger partial charge in [-0.15, -0.1) is 0 Å². The fraction of sp³-hybridized carbons (Fsp3) is 0.389. The monoisotopic (exact) mass is 374 g/mol. The van der Waals surface area contributed by atoms with Gasteiger partial charge in [-0.1, -0.05) is 0 Å². The van der Waals surface area contributed by atoms with Crippen molar-refractivity contribution >= 4 is 17.6 Å². The van der Waals surface area contributed by atoms with E-state index in [4.69, 9.17) is 0 Å². The molecule has 1 aromatic carbocycles. The Hall–Kier alpha value is -2.94. The van der Waals surface area contributed by atoms with E-state index in [9.17, 15) is 14.0 Å². The summed E-state index contributed by atoms with van der Waals surface area (Å²) in [5.41, 5.74) is 1.31. The third-order valence-corrected chi connectivity index (χ3v) is 4.53. The predicted octanol–water partition coefficient (Wildman–Crippen LogP) is 1.24. The summed E-state index contributed by atoms with van der Waals surface area (Å²) in [6.07, 6.45) is 4.15. The number of carbonyl (C=O) groups excluding carboxylic acids is 2. The highest BCUT2D eigenvalue weighted by molar-refractivity contribution is 5.89. The van der Waals surface area contributed by atoms with Crippen molar-refractivity contribution in [3.63, 3.8) is 0 Å². The number of likely N-dealkylation sites (tertiary alicyclic amines) is 1. The Labute approximate surface area is 156 Å². The average Bonchev–Trinajstić information content (AvgIpc) is 3.27. The number of amides is 3. The fourth-order valence-electron chi connectivity index (χ4n) is 3.17. The fourth-order valence-corrected chi connectivity index (χ4v) is 3.17. The number of nitrogens with one attached hydrogen (secondary N) is 3. The molecule has 3 N–H and O–H groups in total. The number of hydrogen-bond acceptors (Lipinski definition) is 4. The molecule has 9 heteroatoms. The highest BCUT2D eigenvalue weighted by Gasteiger charge is 2.32. The Morgan fingerprint density at radius 1 is 1.30 bits per heavy atom. The normalized spacial score (nSPS) is 17.6. The molecular formula is C18H23FN6O2. The molecule has 1 aliphatic heterocycles. The van der Waals surface area contributed by atoms with Gasteiger partial charge in [-0.05, 0) is 37.7 Å². The SMILES string of the molecule is CNC(C(=O)N1CCC(NC(=O)Nc2ccc(F)cc2)C1)c1cnn(C)c1. The first-order valence-electron chi connectivity index (χ1n) is 8.74. The lowest BCUT2D eigenvalue weighted by molar-refractivity contribution is -0.132. The van der Waals surface area contributed by atoms with E-state index in [0.29, 0.717) is 25.2 Å². The number of hydrogen-bond donors (Lipinski definition) is 3. The Bertz CT molecular complexity index is 806. The van der Waals surface area contributed by atoms with Crippen LogP contribution >= 0.6 is 0 Å². The standard InChI is InChI=1S/C18H23FN6O2/c1-20-16(12-9-21-24(2)10-12)17(26)25-8-7-15(11-25)23-18(27)22-14-5-3-13(19)4-6-14/h3-6,9-10,15-16,20H,7-8,11H2,1-2H3,(H2,22,23,27). The minimum absolute atomic E-state index is 0.0475. The first-order valence-corrected chi connectivity index (χ1v) is 8.74. The van der Waals surface area contributed by atoms with E-state index in [1.54, 1.807) is 36.1 Å². The topological polar surface area (TPSA) is 91.3 Å². The van der Waals surface area contributed by atoms with E-state index < -0.39 is 6.04 Å². The van der Waals surface area contributed by atoms with Gasteiger partial charge in [0.05, 0.1) is 6.20 Å². The lowest BCUT2D eigenvalue weighted by Gasteiger charge is -2.22. The number of likely N-dealkylation sites (N-methyl/N-ethyl adjacent to an activating group) is 1. The molecule has 1 aromatic heterocycles. The molecule has 144 valence electrons. The first kappa shape index (κ1) is 18.8. The second-order valence-corrected chi connectivity index (χ2v) is 6.54. The number of urea groups is 1. The van der Waals surface area contributed by atoms with Crippen molar-refractivity contribution in [2.24, 2.45) is 7.05 Å². The molecule has 0 radical (unpaired) electrons. The van der Waals surface area contributed by atoms with Gasteiger partial charge >= 0.3 is 6.03 Å². The molecule has 0 bridgehead atoms. The summed E-state index contributed by atoms with van der Waals surface area (Å²) in [6, 6.07) is 4.56. The Morgan fingerprint density at radius 3 is 2.67 bits per heavy atom. The van der Waals surface area contributed by atoms with Crippen molar-refractivity contribution in [2.45, 2.75) is 18.5 Å². The van der Waals surface area contributed by atoms with Crippen molar-refractivity contribution in [1.29, 1.82) is 0 Å². The van der Waals surface area contributed by atoms with E-state index in [-0.39, 0.29) is 23.8 Å². The van der Waals surface area contributed by atoms with Gasteiger partial charge in [-0.2, -0.15) is 5.10 Å². The van der Waals surface area contributed by atoms with Crippen LogP contribution in [0.1, 0.15) is 18.0 Å². The van der Waals surface area contributed by atoms with E-state index in [1.807, 2.05) is 0 Å². The molecule has 3 amide bonds. The van der Waals surface area contributed by atoms with Gasteiger partial charge in [0.25, 0.3) is 0 Å². The van der Waals surface area contributed by atoms with E-state index in [2.05, 4.69) is 21.0 Å². The molecule has 2 atom stereocenters. The van der Waals surface area contributed by atoms with Crippen molar-refractivity contribution < 1.29 is 14.0 Å². The summed E-state index contributed by atoms with van der Waals surface area (Å²) in [7, 11) is 3.54. The minimum atomic E-state index is -0.467. The van der Waals surface area contributed by atoms with Gasteiger partial charge in [0.2, 0.25) is 5.91 Å². The Balaban J connectivity index is 1.53. The predicted molar refractivity (Wildman–Crippen MR) is 98.5 cm³/mol. The van der Waals surface area contributed by atoms with Crippen molar-refractivity contribution in [3.8, 4) is 0 Å². The van der Waals surface area contributed by atoms with Crippen LogP contribution in [0.2, 0.25) is 0 Å². The largest absolute Gasteiger partial charge is 0.339 e. The van der Waals surface area contributed by atoms with Crippen molar-refractivity contribution in [3.05, 3.63) is 48.0 Å². The Morgan fingerprint density at radius 2 is 2.04 bits per heavy atom. The smallest absolute Gasteiger partial charge is 0.319 e. The summed E-state index contributed by atoms with van der Waals surface area (Å²) in [5.74, 6) is -0.410. The van der Waals surface area contributed by atoms with Gasteiger partial charge in [0.15, 0.2) is 0 Å². The number of rotatable bonds is 5. The Kier molecular flexibility index (Phi) is 5.70. The van der Waals surface area contributed by atoms with Crippen LogP contribution in [0.25, 0.3) is 0 Å². The number of carbonyl (C=O) groups is 2. The number of nitrogens with zero attached hydrogens (tertiary/aromatic N) is 3. The minimum Gasteiger partial charge on any atom is -0.339 e. The van der Waals surface area contributed by atoms with Gasteiger partial charge in [-0.25, -0.2) is 9.18 Å². The van der Waals surface area contributed by atoms with Gasteiger partial charge in [0, 0.05) is 43.6 Å². The lowest BCUT2D eigenvalue weighted by atomic mass is 10.1. The van der Waals surface area contributed by atoms with Crippen LogP contribution in [0, 0.1) is 5.82 Å². The molecule has 1 fully saturated rings. The number of benzene rings is 1. The third kappa shape index (κ3) is 4.62. The van der Waals surface area contributed by atoms with Crippen molar-refractivity contribution in [2.75, 3.05) is 25.5 Å². The molecule has 2 aromatic rings. The van der Waals surface area contributed by atoms with E-state index in [1.165, 1.54) is 24.3 Å². The van der Waals surface area contributed by atoms with Crippen LogP contribution in [-0.4, -0.2) is 52.8 Å². The molecule has 0 spiro atoms. The zero-order valence-electron chi connectivity index (χ0n) is 15.3. The maximum atomic E-state index is 12.9. The molecule has 27 heavy (non-hydrogen) atoms. The lowest BCUT2D eigenvalue weighted by Crippen LogP contribution is -2.43. The molecule has 0 saturated carbocycles. The van der Waals surface area contributed by atoms with Crippen LogP contribution in [-0.2, 0) is 11.8 Å². The first-order chi connectivity index (χ1) is 13.0. The molecule has 2 unspecified atom stereocenters. The molecule has 1 aliphatic rings.